The Morgan fingerprint density at radius 2 is 2.50 bits per heavy atom. The maximum Gasteiger partial charge on any atom is 0.0770 e. The first kappa shape index (κ1) is 5.29. The minimum atomic E-state index is 0.273. The molecule has 0 amide bonds. The van der Waals surface area contributed by atoms with Crippen LogP contribution in [0.2, 0.25) is 0 Å². The molecule has 0 bridgehead atoms. The van der Waals surface area contributed by atoms with Crippen LogP contribution in [0, 0.1) is 0 Å². The summed E-state index contributed by atoms with van der Waals surface area (Å²) >= 11 is 0. The van der Waals surface area contributed by atoms with Gasteiger partial charge in [-0.2, -0.15) is 0 Å². The van der Waals surface area contributed by atoms with Gasteiger partial charge in [0.15, 0.2) is 0 Å². The first-order chi connectivity index (χ1) is 3.84. The molecule has 0 aromatic heterocycles. The molecule has 1 atom stereocenters. The topological polar surface area (TPSA) is 12.4 Å². The van der Waals surface area contributed by atoms with Gasteiger partial charge in [0.2, 0.25) is 0 Å². The Bertz CT molecular complexity index is 144. The van der Waals surface area contributed by atoms with Crippen LogP contribution in [0.5, 0.6) is 0 Å². The van der Waals surface area contributed by atoms with Gasteiger partial charge >= 0.3 is 0 Å². The van der Waals surface area contributed by atoms with Crippen molar-refractivity contribution in [2.75, 3.05) is 0 Å². The molecule has 0 spiro atoms. The summed E-state index contributed by atoms with van der Waals surface area (Å²) in [7, 11) is 0. The Kier molecular flexibility index (Phi) is 1.29. The molecule has 0 saturated heterocycles. The molecule has 0 aliphatic heterocycles. The van der Waals surface area contributed by atoms with Gasteiger partial charge in [-0.15, -0.1) is 0 Å². The molecule has 0 radical (unpaired) electrons. The average Bonchev–Trinajstić information content (AvgIpc) is 2.14. The maximum atomic E-state index is 3.86. The van der Waals surface area contributed by atoms with E-state index in [0.717, 1.165) is 12.0 Å². The number of hydrogen-bond acceptors (Lipinski definition) is 1. The van der Waals surface area contributed by atoms with Crippen LogP contribution in [-0.4, -0.2) is 12.8 Å². The molecule has 0 heterocycles. The summed E-state index contributed by atoms with van der Waals surface area (Å²) in [5.74, 6) is 0. The number of hydrogen-bond donors (Lipinski definition) is 0. The largest absolute Gasteiger partial charge is 0.293 e. The van der Waals surface area contributed by atoms with Crippen molar-refractivity contribution in [2.24, 2.45) is 4.99 Å². The van der Waals surface area contributed by atoms with Gasteiger partial charge < -0.3 is 0 Å². The van der Waals surface area contributed by atoms with Gasteiger partial charge in [-0.25, -0.2) is 0 Å². The van der Waals surface area contributed by atoms with Crippen LogP contribution >= 0.6 is 0 Å². The normalized spacial score (nSPS) is 26.5. The van der Waals surface area contributed by atoms with Gasteiger partial charge in [-0.1, -0.05) is 18.7 Å². The van der Waals surface area contributed by atoms with Crippen molar-refractivity contribution in [1.29, 1.82) is 0 Å². The highest BCUT2D eigenvalue weighted by Gasteiger charge is 2.09. The molecule has 1 aliphatic rings. The van der Waals surface area contributed by atoms with Crippen LogP contribution in [0.1, 0.15) is 6.42 Å². The molecule has 1 heteroatoms. The molecule has 1 nitrogen and oxygen atoms in total. The predicted octanol–water partition coefficient (Wildman–Crippen LogP) is 1.57. The molecule has 8 heavy (non-hydrogen) atoms. The van der Waals surface area contributed by atoms with Crippen LogP contribution in [-0.2, 0) is 0 Å². The lowest BCUT2D eigenvalue weighted by atomic mass is 10.2. The highest BCUT2D eigenvalue weighted by molar-refractivity contribution is 5.34. The standard InChI is InChI=1S/C7H9N/c1-6-4-3-5-7(6)8-2/h3-4,7H,1-2,5H2. The molecule has 0 N–H and O–H groups in total. The van der Waals surface area contributed by atoms with Gasteiger partial charge in [-0.3, -0.25) is 4.99 Å². The zero-order valence-corrected chi connectivity index (χ0v) is 4.80. The lowest BCUT2D eigenvalue weighted by Gasteiger charge is -1.99. The number of nitrogens with zero attached hydrogens (tertiary/aromatic N) is 1. The highest BCUT2D eigenvalue weighted by atomic mass is 14.7. The molecule has 0 saturated carbocycles. The van der Waals surface area contributed by atoms with E-state index in [1.54, 1.807) is 0 Å². The Morgan fingerprint density at radius 3 is 2.75 bits per heavy atom. The summed E-state index contributed by atoms with van der Waals surface area (Å²) < 4.78 is 0. The fraction of sp³-hybridized carbons (Fsp3) is 0.286. The third kappa shape index (κ3) is 0.713. The van der Waals surface area contributed by atoms with Crippen LogP contribution in [0.25, 0.3) is 0 Å². The third-order valence-corrected chi connectivity index (χ3v) is 1.34. The molecule has 1 rings (SSSR count). The summed E-state index contributed by atoms with van der Waals surface area (Å²) in [6.45, 7) is 7.23. The Morgan fingerprint density at radius 1 is 1.75 bits per heavy atom. The van der Waals surface area contributed by atoms with Crippen molar-refractivity contribution in [1.82, 2.24) is 0 Å². The van der Waals surface area contributed by atoms with Crippen LogP contribution < -0.4 is 0 Å². The van der Waals surface area contributed by atoms with Crippen molar-refractivity contribution >= 4 is 6.72 Å². The lowest BCUT2D eigenvalue weighted by Crippen LogP contribution is -1.97. The highest BCUT2D eigenvalue weighted by Crippen LogP contribution is 2.17. The van der Waals surface area contributed by atoms with Crippen molar-refractivity contribution in [2.45, 2.75) is 12.5 Å². The second-order valence-corrected chi connectivity index (χ2v) is 1.91. The zero-order valence-electron chi connectivity index (χ0n) is 4.80. The summed E-state index contributed by atoms with van der Waals surface area (Å²) in [6.07, 6.45) is 5.06. The van der Waals surface area contributed by atoms with Crippen molar-refractivity contribution in [3.05, 3.63) is 24.3 Å². The quantitative estimate of drug-likeness (QED) is 0.451. The molecule has 0 aromatic rings. The Hall–Kier alpha value is -0.850. The molecular formula is C7H9N. The molecule has 1 unspecified atom stereocenters. The van der Waals surface area contributed by atoms with E-state index >= 15 is 0 Å². The predicted molar refractivity (Wildman–Crippen MR) is 36.2 cm³/mol. The summed E-state index contributed by atoms with van der Waals surface area (Å²) in [5.41, 5.74) is 1.08. The Labute approximate surface area is 49.4 Å². The minimum Gasteiger partial charge on any atom is -0.293 e. The van der Waals surface area contributed by atoms with E-state index in [9.17, 15) is 0 Å². The van der Waals surface area contributed by atoms with Crippen molar-refractivity contribution in [3.8, 4) is 0 Å². The number of aliphatic imine (C=N–C) groups is 1. The van der Waals surface area contributed by atoms with Gasteiger partial charge in [0.1, 0.15) is 0 Å². The van der Waals surface area contributed by atoms with Gasteiger partial charge in [0.05, 0.1) is 6.04 Å². The Balaban J connectivity index is 2.63. The van der Waals surface area contributed by atoms with E-state index in [1.165, 1.54) is 0 Å². The van der Waals surface area contributed by atoms with Crippen LogP contribution in [0.3, 0.4) is 0 Å². The van der Waals surface area contributed by atoms with Crippen molar-refractivity contribution < 1.29 is 0 Å². The fourth-order valence-electron chi connectivity index (χ4n) is 0.803. The van der Waals surface area contributed by atoms with Crippen LogP contribution in [0.15, 0.2) is 29.3 Å². The first-order valence-corrected chi connectivity index (χ1v) is 2.66. The molecule has 0 aromatic carbocycles. The molecule has 1 aliphatic carbocycles. The van der Waals surface area contributed by atoms with E-state index in [1.807, 2.05) is 6.08 Å². The summed E-state index contributed by atoms with van der Waals surface area (Å²) in [4.78, 5) is 3.86. The zero-order chi connectivity index (χ0) is 5.98. The van der Waals surface area contributed by atoms with E-state index in [2.05, 4.69) is 24.4 Å². The van der Waals surface area contributed by atoms with Crippen LogP contribution in [0.4, 0.5) is 0 Å². The van der Waals surface area contributed by atoms with Gasteiger partial charge in [-0.05, 0) is 18.7 Å². The average molecular weight is 107 g/mol. The van der Waals surface area contributed by atoms with E-state index < -0.39 is 0 Å². The van der Waals surface area contributed by atoms with Gasteiger partial charge in [0.25, 0.3) is 0 Å². The van der Waals surface area contributed by atoms with Crippen molar-refractivity contribution in [3.63, 3.8) is 0 Å². The first-order valence-electron chi connectivity index (χ1n) is 2.66. The molecule has 0 fully saturated rings. The second-order valence-electron chi connectivity index (χ2n) is 1.91. The smallest absolute Gasteiger partial charge is 0.0770 e. The monoisotopic (exact) mass is 107 g/mol. The fourth-order valence-corrected chi connectivity index (χ4v) is 0.803. The van der Waals surface area contributed by atoms with E-state index in [4.69, 9.17) is 0 Å². The summed E-state index contributed by atoms with van der Waals surface area (Å²) in [5, 5.41) is 0. The van der Waals surface area contributed by atoms with Gasteiger partial charge in [0, 0.05) is 0 Å². The van der Waals surface area contributed by atoms with E-state index in [0.29, 0.717) is 0 Å². The molecule has 42 valence electrons. The summed E-state index contributed by atoms with van der Waals surface area (Å²) in [6, 6.07) is 0.273. The second kappa shape index (κ2) is 1.95. The SMILES string of the molecule is C=NC1CC=CC1=C. The third-order valence-electron chi connectivity index (χ3n) is 1.34. The van der Waals surface area contributed by atoms with E-state index in [-0.39, 0.29) is 6.04 Å². The number of rotatable bonds is 1. The maximum absolute atomic E-state index is 3.86. The minimum absolute atomic E-state index is 0.273. The lowest BCUT2D eigenvalue weighted by molar-refractivity contribution is 0.846. The molecular weight excluding hydrogens is 98.1 g/mol.